The van der Waals surface area contributed by atoms with E-state index in [1.54, 1.807) is 0 Å². The Bertz CT molecular complexity index is 2350. The standard InChI is InChI=1S/C96H168O12/c1-7-13-19-25-31-37-43-73-49-61-79(62-50-73)86(98)94(106-91(103)82-67-55-76(56-68-82)46-40-34-28-22-16-10-4)89(101)85(97)90(102)95(87(99)80-63-51-74(52-64-80)44-38-32-26-20-14-8-2,107-92(104)83-69-57-77(58-70-83)47-41-35-29-23-17-11-5)96(94,88(100)81-65-53-75(54-66-81)45-39-33-27-21-15-9-3)108-93(105)84-71-59-78(60-72-84)48-42-36-30-24-18-12-6/h73-85,89-90,97,101-102H,7-72H2,1-6H3/t73?,74?,75?,76?,77?,78?,79?,80?,81?,82?,83?,84?,85?,89-,90+,94+,95-,96?. The first-order chi connectivity index (χ1) is 52.6. The fraction of sp³-hybridized carbons (Fsp3) is 0.938. The largest absolute Gasteiger partial charge is 0.443 e. The highest BCUT2D eigenvalue weighted by molar-refractivity contribution is 6.12. The molecular formula is C96H168O12. The van der Waals surface area contributed by atoms with E-state index in [0.717, 1.165) is 141 Å². The quantitative estimate of drug-likeness (QED) is 0.0297. The van der Waals surface area contributed by atoms with Crippen molar-refractivity contribution in [2.45, 2.75) is 500 Å². The van der Waals surface area contributed by atoms with Gasteiger partial charge in [-0.05, 0) is 190 Å². The molecule has 0 aliphatic heterocycles. The zero-order chi connectivity index (χ0) is 77.4. The molecule has 3 N–H and O–H groups in total. The molecule has 0 aromatic heterocycles. The third kappa shape index (κ3) is 26.9. The Hall–Kier alpha value is -2.70. The summed E-state index contributed by atoms with van der Waals surface area (Å²) < 4.78 is 22.3. The second-order valence-electron chi connectivity index (χ2n) is 37.5. The van der Waals surface area contributed by atoms with Crippen molar-refractivity contribution in [2.75, 3.05) is 0 Å². The van der Waals surface area contributed by atoms with Crippen LogP contribution < -0.4 is 0 Å². The van der Waals surface area contributed by atoms with Crippen LogP contribution in [-0.2, 0) is 43.0 Å². The molecule has 7 rings (SSSR count). The second kappa shape index (κ2) is 51.3. The third-order valence-electron chi connectivity index (χ3n) is 29.4. The average molecular weight is 1510 g/mol. The predicted molar refractivity (Wildman–Crippen MR) is 440 cm³/mol. The van der Waals surface area contributed by atoms with Gasteiger partial charge < -0.3 is 29.5 Å². The molecule has 12 heteroatoms. The molecule has 6 atom stereocenters. The zero-order valence-corrected chi connectivity index (χ0v) is 70.8. The van der Waals surface area contributed by atoms with Gasteiger partial charge in [0, 0.05) is 17.8 Å². The molecule has 624 valence electrons. The molecule has 0 bridgehead atoms. The summed E-state index contributed by atoms with van der Waals surface area (Å²) in [5.41, 5.74) is -10.1. The molecule has 0 saturated heterocycles. The number of hydrogen-bond acceptors (Lipinski definition) is 12. The highest BCUT2D eigenvalue weighted by atomic mass is 16.7. The average Bonchev–Trinajstić information content (AvgIpc) is 0.659. The molecule has 7 aliphatic rings. The van der Waals surface area contributed by atoms with Crippen molar-refractivity contribution in [1.82, 2.24) is 0 Å². The van der Waals surface area contributed by atoms with E-state index in [4.69, 9.17) is 14.2 Å². The topological polar surface area (TPSA) is 191 Å². The lowest BCUT2D eigenvalue weighted by atomic mass is 9.49. The molecule has 0 aromatic carbocycles. The van der Waals surface area contributed by atoms with Crippen molar-refractivity contribution in [1.29, 1.82) is 0 Å². The van der Waals surface area contributed by atoms with Crippen molar-refractivity contribution in [3.05, 3.63) is 0 Å². The SMILES string of the molecule is CCCCCCCCC1CCC(C(=O)OC2(C(=O)C3CCC(CCCCCCCC)CC3)[C@@](OC(=O)C3CCC(CCCCCCCC)CC3)(C(=O)C3CCC(CCCCCCCC)CC3)[C@@H](O)C(O)[C@@H](O)[C@@]2(OC(=O)C2CCC(CCCCCCCC)CC2)C(=O)C2CCC(CCCCCCCC)CC2)CC1. The summed E-state index contributed by atoms with van der Waals surface area (Å²) >= 11 is 0. The number of esters is 3. The Balaban J connectivity index is 1.42. The van der Waals surface area contributed by atoms with Crippen LogP contribution in [0.3, 0.4) is 0 Å². The molecule has 7 fully saturated rings. The zero-order valence-electron chi connectivity index (χ0n) is 70.8. The van der Waals surface area contributed by atoms with Gasteiger partial charge in [-0.25, -0.2) is 0 Å². The molecule has 108 heavy (non-hydrogen) atoms. The van der Waals surface area contributed by atoms with Gasteiger partial charge in [0.15, 0.2) is 17.3 Å². The summed E-state index contributed by atoms with van der Waals surface area (Å²) in [5, 5.41) is 41.9. The fourth-order valence-corrected chi connectivity index (χ4v) is 22.0. The number of unbranched alkanes of at least 4 members (excludes halogenated alkanes) is 30. The minimum atomic E-state index is -3.45. The van der Waals surface area contributed by atoms with E-state index in [0.29, 0.717) is 145 Å². The normalized spacial score (nSPS) is 31.9. The van der Waals surface area contributed by atoms with Gasteiger partial charge in [-0.15, -0.1) is 0 Å². The highest BCUT2D eigenvalue weighted by Crippen LogP contribution is 2.59. The number of aliphatic hydroxyl groups is 3. The van der Waals surface area contributed by atoms with E-state index >= 15 is 28.8 Å². The third-order valence-corrected chi connectivity index (χ3v) is 29.4. The lowest BCUT2D eigenvalue weighted by Gasteiger charge is -2.63. The van der Waals surface area contributed by atoms with E-state index in [1.807, 2.05) is 0 Å². The van der Waals surface area contributed by atoms with Gasteiger partial charge in [-0.1, -0.05) is 311 Å². The number of Topliss-reactive ketones (excluding diaryl/α,β-unsaturated/α-hetero) is 3. The molecule has 12 nitrogen and oxygen atoms in total. The summed E-state index contributed by atoms with van der Waals surface area (Å²) in [6.07, 6.45) is 52.9. The van der Waals surface area contributed by atoms with E-state index in [2.05, 4.69) is 41.5 Å². The monoisotopic (exact) mass is 1510 g/mol. The minimum Gasteiger partial charge on any atom is -0.443 e. The highest BCUT2D eigenvalue weighted by Gasteiger charge is 2.89. The molecule has 0 radical (unpaired) electrons. The van der Waals surface area contributed by atoms with Crippen LogP contribution in [-0.4, -0.2) is 85.7 Å². The van der Waals surface area contributed by atoms with Gasteiger partial charge in [0.1, 0.15) is 18.3 Å². The molecule has 0 amide bonds. The van der Waals surface area contributed by atoms with Crippen LogP contribution in [0.5, 0.6) is 0 Å². The van der Waals surface area contributed by atoms with Gasteiger partial charge in [0.25, 0.3) is 5.60 Å². The van der Waals surface area contributed by atoms with E-state index < -0.39 is 106 Å². The van der Waals surface area contributed by atoms with Crippen molar-refractivity contribution in [3.8, 4) is 0 Å². The van der Waals surface area contributed by atoms with Crippen LogP contribution in [0.25, 0.3) is 0 Å². The molecule has 7 saturated carbocycles. The minimum absolute atomic E-state index is 0.272. The van der Waals surface area contributed by atoms with Gasteiger partial charge in [-0.2, -0.15) is 0 Å². The van der Waals surface area contributed by atoms with Gasteiger partial charge in [-0.3, -0.25) is 28.8 Å². The van der Waals surface area contributed by atoms with Crippen LogP contribution in [0.1, 0.15) is 465 Å². The number of rotatable bonds is 54. The number of carbonyl (C=O) groups excluding carboxylic acids is 6. The smallest absolute Gasteiger partial charge is 0.310 e. The van der Waals surface area contributed by atoms with Gasteiger partial charge in [0.2, 0.25) is 11.2 Å². The maximum absolute atomic E-state index is 18.3. The van der Waals surface area contributed by atoms with Crippen LogP contribution in [0.15, 0.2) is 0 Å². The van der Waals surface area contributed by atoms with Crippen LogP contribution >= 0.6 is 0 Å². The maximum atomic E-state index is 18.3. The Morgan fingerprint density at radius 3 is 0.620 bits per heavy atom. The number of hydrogen-bond donors (Lipinski definition) is 3. The number of aliphatic hydroxyl groups excluding tert-OH is 3. The fourth-order valence-electron chi connectivity index (χ4n) is 22.0. The summed E-state index contributed by atoms with van der Waals surface area (Å²) in [7, 11) is 0. The maximum Gasteiger partial charge on any atom is 0.310 e. The Labute approximate surface area is 661 Å². The predicted octanol–water partition coefficient (Wildman–Crippen LogP) is 25.0. The molecule has 0 aromatic rings. The van der Waals surface area contributed by atoms with E-state index in [9.17, 15) is 15.3 Å². The summed E-state index contributed by atoms with van der Waals surface area (Å²) in [5.74, 6) is -8.68. The van der Waals surface area contributed by atoms with Crippen LogP contribution in [0.4, 0.5) is 0 Å². The van der Waals surface area contributed by atoms with Gasteiger partial charge in [0.05, 0.1) is 17.8 Å². The summed E-state index contributed by atoms with van der Waals surface area (Å²) in [6.45, 7) is 13.4. The van der Waals surface area contributed by atoms with E-state index in [1.165, 1.54) is 154 Å². The van der Waals surface area contributed by atoms with Crippen LogP contribution in [0, 0.1) is 71.0 Å². The molecule has 0 spiro atoms. The Kier molecular flexibility index (Phi) is 43.9. The Morgan fingerprint density at radius 1 is 0.231 bits per heavy atom. The number of ether oxygens (including phenoxy) is 3. The van der Waals surface area contributed by atoms with Crippen molar-refractivity contribution in [2.24, 2.45) is 71.0 Å². The molecular weight excluding hydrogens is 1350 g/mol. The van der Waals surface area contributed by atoms with Crippen LogP contribution in [0.2, 0.25) is 0 Å². The number of ketones is 3. The second-order valence-corrected chi connectivity index (χ2v) is 37.5. The Morgan fingerprint density at radius 2 is 0.407 bits per heavy atom. The lowest BCUT2D eigenvalue weighted by molar-refractivity contribution is -0.329. The first-order valence-electron chi connectivity index (χ1n) is 47.9. The van der Waals surface area contributed by atoms with E-state index in [-0.39, 0.29) is 18.8 Å². The molecule has 7 aliphatic carbocycles. The van der Waals surface area contributed by atoms with Crippen molar-refractivity contribution in [3.63, 3.8) is 0 Å². The first kappa shape index (κ1) is 92.5. The lowest BCUT2D eigenvalue weighted by Crippen LogP contribution is -2.92. The first-order valence-corrected chi connectivity index (χ1v) is 47.9. The summed E-state index contributed by atoms with van der Waals surface area (Å²) in [4.78, 5) is 104. The molecule has 0 heterocycles. The summed E-state index contributed by atoms with van der Waals surface area (Å²) in [6, 6.07) is 0. The van der Waals surface area contributed by atoms with Crippen molar-refractivity contribution < 1.29 is 58.3 Å². The van der Waals surface area contributed by atoms with Gasteiger partial charge >= 0.3 is 17.9 Å². The molecule has 2 unspecified atom stereocenters. The van der Waals surface area contributed by atoms with Crippen molar-refractivity contribution >= 4 is 35.3 Å². The number of carbonyl (C=O) groups is 6.